The second kappa shape index (κ2) is 13.0. The topological polar surface area (TPSA) is 81.6 Å². The number of halogens is 1. The standard InChI is InChI=1S/C31H36FN3O4/c1-8-20(5)29(19(3)4)39-26-17-27(36)35(6)30(34-25-15-12-21(9-2)16-24(25)32)28(26)31(37)33-18-22-10-13-23(38-7)14-11-22/h8,10-17,34H,9,18H2,1-7H3,(H,33,37)/b20-8-. The maximum absolute atomic E-state index is 15.0. The number of hydrogen-bond acceptors (Lipinski definition) is 5. The predicted molar refractivity (Wildman–Crippen MR) is 153 cm³/mol. The maximum Gasteiger partial charge on any atom is 0.259 e. The Kier molecular flexibility index (Phi) is 9.71. The normalized spacial score (nSPS) is 11.1. The zero-order chi connectivity index (χ0) is 28.7. The highest BCUT2D eigenvalue weighted by Crippen LogP contribution is 2.31. The van der Waals surface area contributed by atoms with E-state index in [-0.39, 0.29) is 29.4 Å². The highest BCUT2D eigenvalue weighted by molar-refractivity contribution is 6.02. The van der Waals surface area contributed by atoms with Gasteiger partial charge in [-0.1, -0.05) is 31.2 Å². The molecule has 0 aliphatic carbocycles. The first-order valence-electron chi connectivity index (χ1n) is 12.8. The number of carbonyl (C=O) groups excluding carboxylic acids is 1. The van der Waals surface area contributed by atoms with Gasteiger partial charge in [0.15, 0.2) is 0 Å². The number of aryl methyl sites for hydroxylation is 1. The number of nitrogens with one attached hydrogen (secondary N) is 2. The molecule has 39 heavy (non-hydrogen) atoms. The summed E-state index contributed by atoms with van der Waals surface area (Å²) in [6, 6.07) is 13.4. The minimum atomic E-state index is -0.493. The highest BCUT2D eigenvalue weighted by Gasteiger charge is 2.24. The average Bonchev–Trinajstić information content (AvgIpc) is 2.93. The van der Waals surface area contributed by atoms with E-state index in [0.29, 0.717) is 17.9 Å². The van der Waals surface area contributed by atoms with Crippen LogP contribution in [0.1, 0.15) is 56.1 Å². The van der Waals surface area contributed by atoms with E-state index in [4.69, 9.17) is 9.47 Å². The summed E-state index contributed by atoms with van der Waals surface area (Å²) < 4.78 is 27.7. The van der Waals surface area contributed by atoms with Gasteiger partial charge in [-0.15, -0.1) is 0 Å². The van der Waals surface area contributed by atoms with Gasteiger partial charge in [-0.05, 0) is 80.7 Å². The van der Waals surface area contributed by atoms with Crippen LogP contribution >= 0.6 is 0 Å². The Balaban J connectivity index is 2.13. The first-order valence-corrected chi connectivity index (χ1v) is 12.8. The highest BCUT2D eigenvalue weighted by atomic mass is 19.1. The number of rotatable bonds is 10. The third kappa shape index (κ3) is 6.96. The third-order valence-corrected chi connectivity index (χ3v) is 6.40. The van der Waals surface area contributed by atoms with Crippen molar-refractivity contribution in [3.05, 3.63) is 104 Å². The number of amides is 1. The summed E-state index contributed by atoms with van der Waals surface area (Å²) in [5, 5.41) is 5.89. The fraction of sp³-hybridized carbons (Fsp3) is 0.290. The summed E-state index contributed by atoms with van der Waals surface area (Å²) in [5.74, 6) is 0.438. The number of methoxy groups -OCH3 is 1. The van der Waals surface area contributed by atoms with Crippen molar-refractivity contribution in [1.82, 2.24) is 9.88 Å². The molecule has 3 rings (SSSR count). The van der Waals surface area contributed by atoms with Crippen LogP contribution in [-0.2, 0) is 20.0 Å². The Labute approximate surface area is 229 Å². The molecule has 0 saturated carbocycles. The van der Waals surface area contributed by atoms with Crippen molar-refractivity contribution >= 4 is 17.4 Å². The van der Waals surface area contributed by atoms with Gasteiger partial charge in [0.2, 0.25) is 0 Å². The van der Waals surface area contributed by atoms with Crippen LogP contribution in [0.4, 0.5) is 15.9 Å². The first kappa shape index (κ1) is 29.2. The van der Waals surface area contributed by atoms with Crippen molar-refractivity contribution in [3.8, 4) is 11.5 Å². The van der Waals surface area contributed by atoms with Crippen molar-refractivity contribution in [1.29, 1.82) is 0 Å². The predicted octanol–water partition coefficient (Wildman–Crippen LogP) is 6.41. The van der Waals surface area contributed by atoms with Crippen LogP contribution in [0.15, 0.2) is 76.3 Å². The van der Waals surface area contributed by atoms with Gasteiger partial charge in [0, 0.05) is 19.7 Å². The lowest BCUT2D eigenvalue weighted by Gasteiger charge is -2.21. The molecule has 0 saturated heterocycles. The molecule has 0 aliphatic heterocycles. The first-order chi connectivity index (χ1) is 18.6. The molecule has 3 aromatic rings. The Morgan fingerprint density at radius 3 is 2.28 bits per heavy atom. The van der Waals surface area contributed by atoms with E-state index in [1.165, 1.54) is 23.7 Å². The van der Waals surface area contributed by atoms with Crippen LogP contribution in [0, 0.1) is 5.82 Å². The van der Waals surface area contributed by atoms with E-state index in [9.17, 15) is 14.0 Å². The second-order valence-electron chi connectivity index (χ2n) is 9.36. The molecule has 1 amide bonds. The van der Waals surface area contributed by atoms with Crippen molar-refractivity contribution in [2.24, 2.45) is 7.05 Å². The molecule has 206 valence electrons. The van der Waals surface area contributed by atoms with E-state index in [2.05, 4.69) is 10.6 Å². The van der Waals surface area contributed by atoms with Gasteiger partial charge in [0.25, 0.3) is 11.5 Å². The Hall–Kier alpha value is -4.33. The molecule has 0 fully saturated rings. The van der Waals surface area contributed by atoms with Gasteiger partial charge in [0.1, 0.15) is 34.5 Å². The van der Waals surface area contributed by atoms with E-state index in [1.54, 1.807) is 31.4 Å². The number of carbonyl (C=O) groups is 1. The lowest BCUT2D eigenvalue weighted by atomic mass is 10.1. The van der Waals surface area contributed by atoms with Crippen LogP contribution in [0.3, 0.4) is 0 Å². The van der Waals surface area contributed by atoms with Crippen LogP contribution in [0.25, 0.3) is 0 Å². The average molecular weight is 534 g/mol. The molecular weight excluding hydrogens is 497 g/mol. The molecule has 0 bridgehead atoms. The van der Waals surface area contributed by atoms with Crippen LogP contribution in [0.2, 0.25) is 0 Å². The van der Waals surface area contributed by atoms with Crippen LogP contribution in [-0.4, -0.2) is 17.6 Å². The van der Waals surface area contributed by atoms with Crippen LogP contribution < -0.4 is 25.7 Å². The fourth-order valence-corrected chi connectivity index (χ4v) is 3.96. The minimum Gasteiger partial charge on any atom is -0.497 e. The Morgan fingerprint density at radius 2 is 1.72 bits per heavy atom. The lowest BCUT2D eigenvalue weighted by Crippen LogP contribution is -2.29. The zero-order valence-corrected chi connectivity index (χ0v) is 23.6. The van der Waals surface area contributed by atoms with Gasteiger partial charge < -0.3 is 20.1 Å². The number of nitrogens with zero attached hydrogens (tertiary/aromatic N) is 1. The number of hydrogen-bond donors (Lipinski definition) is 2. The molecule has 0 atom stereocenters. The number of benzene rings is 2. The lowest BCUT2D eigenvalue weighted by molar-refractivity contribution is 0.0948. The zero-order valence-electron chi connectivity index (χ0n) is 23.6. The summed E-state index contributed by atoms with van der Waals surface area (Å²) in [5.41, 5.74) is 3.18. The van der Waals surface area contributed by atoms with E-state index < -0.39 is 17.3 Å². The van der Waals surface area contributed by atoms with E-state index in [1.807, 2.05) is 52.8 Å². The molecule has 1 aromatic heterocycles. The van der Waals surface area contributed by atoms with Gasteiger partial charge in [-0.2, -0.15) is 0 Å². The molecule has 0 unspecified atom stereocenters. The largest absolute Gasteiger partial charge is 0.497 e. The van der Waals surface area contributed by atoms with Crippen molar-refractivity contribution < 1.29 is 18.7 Å². The molecule has 7 nitrogen and oxygen atoms in total. The van der Waals surface area contributed by atoms with E-state index in [0.717, 1.165) is 22.3 Å². The Bertz CT molecular complexity index is 1470. The quantitative estimate of drug-likeness (QED) is 0.233. The number of anilines is 2. The monoisotopic (exact) mass is 533 g/mol. The number of allylic oxidation sites excluding steroid dienone is 3. The van der Waals surface area contributed by atoms with Gasteiger partial charge >= 0.3 is 0 Å². The molecule has 1 heterocycles. The summed E-state index contributed by atoms with van der Waals surface area (Å²) in [7, 11) is 3.10. The number of pyridine rings is 1. The number of aromatic nitrogens is 1. The smallest absolute Gasteiger partial charge is 0.259 e. The van der Waals surface area contributed by atoms with Crippen molar-refractivity contribution in [2.75, 3.05) is 12.4 Å². The molecule has 2 N–H and O–H groups in total. The maximum atomic E-state index is 15.0. The summed E-state index contributed by atoms with van der Waals surface area (Å²) >= 11 is 0. The SMILES string of the molecule is C/C=C(/C)C(Oc1cc(=O)n(C)c(Nc2ccc(CC)cc2F)c1C(=O)NCc1ccc(OC)cc1)=C(C)C. The molecular formula is C31H36FN3O4. The molecule has 2 aromatic carbocycles. The molecule has 0 radical (unpaired) electrons. The van der Waals surface area contributed by atoms with Gasteiger partial charge in [0.05, 0.1) is 12.8 Å². The molecule has 0 spiro atoms. The second-order valence-corrected chi connectivity index (χ2v) is 9.36. The molecule has 8 heteroatoms. The van der Waals surface area contributed by atoms with Gasteiger partial charge in [-0.25, -0.2) is 4.39 Å². The minimum absolute atomic E-state index is 0.0656. The third-order valence-electron chi connectivity index (χ3n) is 6.40. The van der Waals surface area contributed by atoms with E-state index >= 15 is 0 Å². The van der Waals surface area contributed by atoms with Crippen LogP contribution in [0.5, 0.6) is 11.5 Å². The summed E-state index contributed by atoms with van der Waals surface area (Å²) in [6.07, 6.45) is 2.56. The summed E-state index contributed by atoms with van der Waals surface area (Å²) in [6.45, 7) is 9.69. The molecule has 0 aliphatic rings. The summed E-state index contributed by atoms with van der Waals surface area (Å²) in [4.78, 5) is 26.7. The van der Waals surface area contributed by atoms with Gasteiger partial charge in [-0.3, -0.25) is 14.2 Å². The van der Waals surface area contributed by atoms with Crippen molar-refractivity contribution in [2.45, 2.75) is 47.6 Å². The van der Waals surface area contributed by atoms with Crippen molar-refractivity contribution in [3.63, 3.8) is 0 Å². The fourth-order valence-electron chi connectivity index (χ4n) is 3.96. The number of ether oxygens (including phenoxy) is 2. The Morgan fingerprint density at radius 1 is 1.05 bits per heavy atom.